The van der Waals surface area contributed by atoms with Gasteiger partial charge in [0.15, 0.2) is 0 Å². The monoisotopic (exact) mass is 316 g/mol. The first kappa shape index (κ1) is 16.5. The lowest BCUT2D eigenvalue weighted by atomic mass is 9.82. The molecule has 0 aliphatic carbocycles. The van der Waals surface area contributed by atoms with Crippen molar-refractivity contribution in [3.8, 4) is 0 Å². The van der Waals surface area contributed by atoms with Crippen LogP contribution < -0.4 is 0 Å². The highest BCUT2D eigenvalue weighted by atomic mass is 16.5. The maximum atomic E-state index is 13.1. The summed E-state index contributed by atoms with van der Waals surface area (Å²) in [5.74, 6) is 0.252. The second-order valence-electron chi connectivity index (χ2n) is 7.19. The first-order valence-corrected chi connectivity index (χ1v) is 8.76. The molecule has 2 aliphatic heterocycles. The van der Waals surface area contributed by atoms with Gasteiger partial charge in [0.25, 0.3) is 0 Å². The predicted molar refractivity (Wildman–Crippen MR) is 91.5 cm³/mol. The van der Waals surface area contributed by atoms with E-state index >= 15 is 0 Å². The van der Waals surface area contributed by atoms with Crippen LogP contribution in [0.3, 0.4) is 0 Å². The Balaban J connectivity index is 1.69. The van der Waals surface area contributed by atoms with Gasteiger partial charge in [-0.2, -0.15) is 0 Å². The van der Waals surface area contributed by atoms with Gasteiger partial charge in [-0.15, -0.1) is 0 Å². The van der Waals surface area contributed by atoms with Crippen LogP contribution in [0.5, 0.6) is 0 Å². The molecule has 4 nitrogen and oxygen atoms in total. The molecule has 2 heterocycles. The summed E-state index contributed by atoms with van der Waals surface area (Å²) in [7, 11) is 0. The van der Waals surface area contributed by atoms with Crippen molar-refractivity contribution in [2.24, 2.45) is 0 Å². The van der Waals surface area contributed by atoms with E-state index in [2.05, 4.69) is 21.9 Å². The minimum Gasteiger partial charge on any atom is -0.379 e. The molecule has 0 N–H and O–H groups in total. The predicted octanol–water partition coefficient (Wildman–Crippen LogP) is 2.29. The maximum absolute atomic E-state index is 13.1. The van der Waals surface area contributed by atoms with Gasteiger partial charge in [-0.3, -0.25) is 9.69 Å². The summed E-state index contributed by atoms with van der Waals surface area (Å²) in [5.41, 5.74) is 0.632. The zero-order chi connectivity index (χ0) is 16.3. The summed E-state index contributed by atoms with van der Waals surface area (Å²) < 4.78 is 5.45. The highest BCUT2D eigenvalue weighted by molar-refractivity contribution is 5.87. The van der Waals surface area contributed by atoms with Gasteiger partial charge in [-0.05, 0) is 32.3 Å². The molecule has 0 radical (unpaired) electrons. The van der Waals surface area contributed by atoms with Gasteiger partial charge in [-0.1, -0.05) is 30.3 Å². The number of hydrogen-bond donors (Lipinski definition) is 0. The molecule has 2 aliphatic rings. The Kier molecular flexibility index (Phi) is 5.02. The largest absolute Gasteiger partial charge is 0.379 e. The summed E-state index contributed by atoms with van der Waals surface area (Å²) >= 11 is 0. The minimum atomic E-state index is -0.464. The van der Waals surface area contributed by atoms with Crippen LogP contribution in [0.25, 0.3) is 0 Å². The maximum Gasteiger partial charge on any atom is 0.232 e. The lowest BCUT2D eigenvalue weighted by Crippen LogP contribution is -2.55. The first-order chi connectivity index (χ1) is 11.1. The van der Waals surface area contributed by atoms with Crippen LogP contribution in [-0.4, -0.2) is 61.1 Å². The third-order valence-corrected chi connectivity index (χ3v) is 5.28. The van der Waals surface area contributed by atoms with E-state index in [4.69, 9.17) is 4.74 Å². The Morgan fingerprint density at radius 3 is 2.52 bits per heavy atom. The van der Waals surface area contributed by atoms with Gasteiger partial charge in [0, 0.05) is 32.2 Å². The van der Waals surface area contributed by atoms with E-state index in [1.165, 1.54) is 6.42 Å². The highest BCUT2D eigenvalue weighted by Crippen LogP contribution is 2.28. The van der Waals surface area contributed by atoms with Gasteiger partial charge in [0.2, 0.25) is 5.91 Å². The average Bonchev–Trinajstić information content (AvgIpc) is 2.62. The number of piperidine rings is 1. The molecule has 0 bridgehead atoms. The van der Waals surface area contributed by atoms with Crippen molar-refractivity contribution in [1.29, 1.82) is 0 Å². The van der Waals surface area contributed by atoms with Crippen LogP contribution >= 0.6 is 0 Å². The van der Waals surface area contributed by atoms with Gasteiger partial charge in [0.05, 0.1) is 18.6 Å². The molecule has 0 spiro atoms. The second kappa shape index (κ2) is 7.02. The topological polar surface area (TPSA) is 32.8 Å². The quantitative estimate of drug-likeness (QED) is 0.858. The van der Waals surface area contributed by atoms with E-state index < -0.39 is 5.41 Å². The molecule has 126 valence electrons. The Hall–Kier alpha value is -1.39. The SMILES string of the molecule is CC(C)(C(=O)N1CCCC(N2CCOCC2)C1)c1ccccc1. The van der Waals surface area contributed by atoms with Crippen LogP contribution in [0, 0.1) is 0 Å². The van der Waals surface area contributed by atoms with Crippen molar-refractivity contribution < 1.29 is 9.53 Å². The van der Waals surface area contributed by atoms with Crippen LogP contribution in [0.1, 0.15) is 32.3 Å². The third kappa shape index (κ3) is 3.59. The Labute approximate surface area is 139 Å². The Morgan fingerprint density at radius 2 is 1.83 bits per heavy atom. The number of hydrogen-bond acceptors (Lipinski definition) is 3. The van der Waals surface area contributed by atoms with Crippen LogP contribution in [0.15, 0.2) is 30.3 Å². The summed E-state index contributed by atoms with van der Waals surface area (Å²) in [6, 6.07) is 10.6. The van der Waals surface area contributed by atoms with Crippen molar-refractivity contribution in [2.45, 2.75) is 38.1 Å². The molecule has 1 aromatic rings. The molecule has 0 aromatic heterocycles. The van der Waals surface area contributed by atoms with E-state index in [9.17, 15) is 4.79 Å². The molecule has 1 aromatic carbocycles. The minimum absolute atomic E-state index is 0.252. The fourth-order valence-corrected chi connectivity index (χ4v) is 3.75. The number of nitrogens with zero attached hydrogens (tertiary/aromatic N) is 2. The molecule has 2 fully saturated rings. The zero-order valence-electron chi connectivity index (χ0n) is 14.3. The van der Waals surface area contributed by atoms with Gasteiger partial charge < -0.3 is 9.64 Å². The average molecular weight is 316 g/mol. The van der Waals surface area contributed by atoms with E-state index in [1.54, 1.807) is 0 Å². The molecule has 1 atom stereocenters. The second-order valence-corrected chi connectivity index (χ2v) is 7.19. The van der Waals surface area contributed by atoms with Crippen molar-refractivity contribution >= 4 is 5.91 Å². The number of ether oxygens (including phenoxy) is 1. The normalized spacial score (nSPS) is 23.7. The Morgan fingerprint density at radius 1 is 1.13 bits per heavy atom. The smallest absolute Gasteiger partial charge is 0.232 e. The Bertz CT molecular complexity index is 523. The number of benzene rings is 1. The van der Waals surface area contributed by atoms with E-state index in [0.717, 1.165) is 51.4 Å². The molecule has 23 heavy (non-hydrogen) atoms. The summed E-state index contributed by atoms with van der Waals surface area (Å²) in [6.45, 7) is 9.46. The number of morpholine rings is 1. The number of likely N-dealkylation sites (tertiary alicyclic amines) is 1. The van der Waals surface area contributed by atoms with E-state index in [0.29, 0.717) is 6.04 Å². The van der Waals surface area contributed by atoms with Gasteiger partial charge in [-0.25, -0.2) is 0 Å². The third-order valence-electron chi connectivity index (χ3n) is 5.28. The molecule has 0 saturated carbocycles. The molecule has 1 amide bonds. The van der Waals surface area contributed by atoms with Crippen LogP contribution in [-0.2, 0) is 14.9 Å². The standard InChI is InChI=1S/C19H28N2O2/c1-19(2,16-7-4-3-5-8-16)18(22)21-10-6-9-17(15-21)20-11-13-23-14-12-20/h3-5,7-8,17H,6,9-15H2,1-2H3. The number of carbonyl (C=O) groups is 1. The molecular weight excluding hydrogens is 288 g/mol. The van der Waals surface area contributed by atoms with Crippen molar-refractivity contribution in [3.05, 3.63) is 35.9 Å². The molecule has 3 rings (SSSR count). The molecule has 2 saturated heterocycles. The fourth-order valence-electron chi connectivity index (χ4n) is 3.75. The fraction of sp³-hybridized carbons (Fsp3) is 0.632. The van der Waals surface area contributed by atoms with Crippen molar-refractivity contribution in [2.75, 3.05) is 39.4 Å². The molecule has 1 unspecified atom stereocenters. The van der Waals surface area contributed by atoms with E-state index in [1.807, 2.05) is 32.0 Å². The van der Waals surface area contributed by atoms with Gasteiger partial charge in [0.1, 0.15) is 0 Å². The van der Waals surface area contributed by atoms with Crippen molar-refractivity contribution in [1.82, 2.24) is 9.80 Å². The summed E-state index contributed by atoms with van der Waals surface area (Å²) in [5, 5.41) is 0. The highest BCUT2D eigenvalue weighted by Gasteiger charge is 2.37. The molecule has 4 heteroatoms. The zero-order valence-corrected chi connectivity index (χ0v) is 14.3. The summed E-state index contributed by atoms with van der Waals surface area (Å²) in [4.78, 5) is 17.7. The van der Waals surface area contributed by atoms with Crippen LogP contribution in [0.4, 0.5) is 0 Å². The lowest BCUT2D eigenvalue weighted by molar-refractivity contribution is -0.139. The lowest BCUT2D eigenvalue weighted by Gasteiger charge is -2.43. The first-order valence-electron chi connectivity index (χ1n) is 8.76. The number of amides is 1. The number of rotatable bonds is 3. The molecular formula is C19H28N2O2. The van der Waals surface area contributed by atoms with E-state index in [-0.39, 0.29) is 5.91 Å². The number of carbonyl (C=O) groups excluding carboxylic acids is 1. The van der Waals surface area contributed by atoms with Crippen LogP contribution in [0.2, 0.25) is 0 Å². The van der Waals surface area contributed by atoms with Gasteiger partial charge >= 0.3 is 0 Å². The summed E-state index contributed by atoms with van der Waals surface area (Å²) in [6.07, 6.45) is 2.29. The van der Waals surface area contributed by atoms with Crippen molar-refractivity contribution in [3.63, 3.8) is 0 Å².